The van der Waals surface area contributed by atoms with Crippen LogP contribution in [0.3, 0.4) is 0 Å². The average Bonchev–Trinajstić information content (AvgIpc) is 2.40. The van der Waals surface area contributed by atoms with Gasteiger partial charge < -0.3 is 0 Å². The van der Waals surface area contributed by atoms with Crippen molar-refractivity contribution in [1.82, 2.24) is 0 Å². The monoisotopic (exact) mass is 238 g/mol. The largest absolute Gasteiger partial charge is 0.0622 e. The minimum Gasteiger partial charge on any atom is -0.0622 e. The first-order chi connectivity index (χ1) is 8.66. The molecule has 0 spiro atoms. The third kappa shape index (κ3) is 3.22. The standard InChI is InChI=1S/C18H22/c1-14-9-11-18(12-10-14)16(3)15(2)13-17-7-5-4-6-8-17/h4-12,15-16H,13H2,1-3H3. The summed E-state index contributed by atoms with van der Waals surface area (Å²) in [5.41, 5.74) is 4.22. The molecule has 0 heterocycles. The summed E-state index contributed by atoms with van der Waals surface area (Å²) in [5.74, 6) is 1.26. The highest BCUT2D eigenvalue weighted by Crippen LogP contribution is 2.27. The van der Waals surface area contributed by atoms with Gasteiger partial charge in [-0.15, -0.1) is 0 Å². The summed E-state index contributed by atoms with van der Waals surface area (Å²) in [7, 11) is 0. The summed E-state index contributed by atoms with van der Waals surface area (Å²) in [6, 6.07) is 19.7. The molecule has 0 aliphatic carbocycles. The Morgan fingerprint density at radius 3 is 2.06 bits per heavy atom. The second kappa shape index (κ2) is 5.86. The van der Waals surface area contributed by atoms with Gasteiger partial charge in [0.05, 0.1) is 0 Å². The molecule has 0 aliphatic heterocycles. The van der Waals surface area contributed by atoms with Gasteiger partial charge in [-0.05, 0) is 36.3 Å². The molecule has 94 valence electrons. The quantitative estimate of drug-likeness (QED) is 0.705. The lowest BCUT2D eigenvalue weighted by molar-refractivity contribution is 0.485. The predicted octanol–water partition coefficient (Wildman–Crippen LogP) is 4.98. The summed E-state index contributed by atoms with van der Waals surface area (Å²) >= 11 is 0. The molecular formula is C18H22. The minimum atomic E-state index is 0.603. The number of benzene rings is 2. The zero-order valence-corrected chi connectivity index (χ0v) is 11.6. The lowest BCUT2D eigenvalue weighted by Crippen LogP contribution is -2.09. The maximum absolute atomic E-state index is 2.34. The third-order valence-corrected chi connectivity index (χ3v) is 3.86. The van der Waals surface area contributed by atoms with E-state index >= 15 is 0 Å². The maximum atomic E-state index is 2.34. The summed E-state index contributed by atoms with van der Waals surface area (Å²) in [6.45, 7) is 6.82. The Morgan fingerprint density at radius 2 is 1.44 bits per heavy atom. The molecule has 2 unspecified atom stereocenters. The molecule has 2 aromatic carbocycles. The SMILES string of the molecule is Cc1ccc(C(C)C(C)Cc2ccccc2)cc1. The molecule has 0 aliphatic rings. The second-order valence-corrected chi connectivity index (χ2v) is 5.37. The van der Waals surface area contributed by atoms with Crippen LogP contribution in [0.15, 0.2) is 54.6 Å². The molecule has 2 rings (SSSR count). The molecule has 0 aromatic heterocycles. The molecule has 0 fully saturated rings. The van der Waals surface area contributed by atoms with Crippen molar-refractivity contribution in [1.29, 1.82) is 0 Å². The molecule has 0 heteroatoms. The van der Waals surface area contributed by atoms with Crippen molar-refractivity contribution in [2.45, 2.75) is 33.1 Å². The van der Waals surface area contributed by atoms with Gasteiger partial charge in [-0.25, -0.2) is 0 Å². The van der Waals surface area contributed by atoms with Gasteiger partial charge in [0.2, 0.25) is 0 Å². The number of aryl methyl sites for hydroxylation is 1. The van der Waals surface area contributed by atoms with E-state index in [1.54, 1.807) is 0 Å². The first-order valence-corrected chi connectivity index (χ1v) is 6.77. The molecule has 0 N–H and O–H groups in total. The summed E-state index contributed by atoms with van der Waals surface area (Å²) in [5, 5.41) is 0. The van der Waals surface area contributed by atoms with Crippen LogP contribution < -0.4 is 0 Å². The molecule has 0 bridgehead atoms. The molecule has 2 aromatic rings. The Morgan fingerprint density at radius 1 is 0.833 bits per heavy atom. The van der Waals surface area contributed by atoms with Crippen LogP contribution in [-0.4, -0.2) is 0 Å². The highest BCUT2D eigenvalue weighted by molar-refractivity contribution is 5.25. The number of hydrogen-bond donors (Lipinski definition) is 0. The molecule has 0 nitrogen and oxygen atoms in total. The summed E-state index contributed by atoms with van der Waals surface area (Å²) < 4.78 is 0. The molecule has 0 saturated carbocycles. The maximum Gasteiger partial charge on any atom is -0.0161 e. The second-order valence-electron chi connectivity index (χ2n) is 5.37. The van der Waals surface area contributed by atoms with E-state index in [1.807, 2.05) is 0 Å². The van der Waals surface area contributed by atoms with Gasteiger partial charge in [0.1, 0.15) is 0 Å². The fourth-order valence-corrected chi connectivity index (χ4v) is 2.36. The Labute approximate surface area is 111 Å². The van der Waals surface area contributed by atoms with Crippen molar-refractivity contribution in [3.63, 3.8) is 0 Å². The lowest BCUT2D eigenvalue weighted by atomic mass is 9.84. The zero-order valence-electron chi connectivity index (χ0n) is 11.6. The van der Waals surface area contributed by atoms with Crippen LogP contribution >= 0.6 is 0 Å². The van der Waals surface area contributed by atoms with E-state index in [0.717, 1.165) is 6.42 Å². The van der Waals surface area contributed by atoms with Crippen LogP contribution in [0.25, 0.3) is 0 Å². The normalized spacial score (nSPS) is 14.2. The fraction of sp³-hybridized carbons (Fsp3) is 0.333. The summed E-state index contributed by atoms with van der Waals surface area (Å²) in [4.78, 5) is 0. The van der Waals surface area contributed by atoms with E-state index < -0.39 is 0 Å². The topological polar surface area (TPSA) is 0 Å². The van der Waals surface area contributed by atoms with Gasteiger partial charge >= 0.3 is 0 Å². The highest BCUT2D eigenvalue weighted by Gasteiger charge is 2.14. The van der Waals surface area contributed by atoms with Crippen LogP contribution in [0.4, 0.5) is 0 Å². The van der Waals surface area contributed by atoms with E-state index in [-0.39, 0.29) is 0 Å². The van der Waals surface area contributed by atoms with Crippen LogP contribution in [0.1, 0.15) is 36.5 Å². The molecule has 0 amide bonds. The van der Waals surface area contributed by atoms with Gasteiger partial charge in [0, 0.05) is 0 Å². The summed E-state index contributed by atoms with van der Waals surface area (Å²) in [6.07, 6.45) is 1.15. The zero-order chi connectivity index (χ0) is 13.0. The van der Waals surface area contributed by atoms with Gasteiger partial charge in [0.15, 0.2) is 0 Å². The number of rotatable bonds is 4. The van der Waals surface area contributed by atoms with Gasteiger partial charge in [-0.3, -0.25) is 0 Å². The van der Waals surface area contributed by atoms with Crippen LogP contribution in [0.5, 0.6) is 0 Å². The van der Waals surface area contributed by atoms with Crippen molar-refractivity contribution >= 4 is 0 Å². The first kappa shape index (κ1) is 12.9. The Hall–Kier alpha value is -1.56. The minimum absolute atomic E-state index is 0.603. The van der Waals surface area contributed by atoms with Crippen molar-refractivity contribution in [2.24, 2.45) is 5.92 Å². The molecule has 18 heavy (non-hydrogen) atoms. The predicted molar refractivity (Wildman–Crippen MR) is 78.9 cm³/mol. The third-order valence-electron chi connectivity index (χ3n) is 3.86. The molecular weight excluding hydrogens is 216 g/mol. The highest BCUT2D eigenvalue weighted by atomic mass is 14.2. The Balaban J connectivity index is 2.05. The average molecular weight is 238 g/mol. The lowest BCUT2D eigenvalue weighted by Gasteiger charge is -2.20. The smallest absolute Gasteiger partial charge is 0.0161 e. The Kier molecular flexibility index (Phi) is 4.19. The van der Waals surface area contributed by atoms with Crippen molar-refractivity contribution in [3.8, 4) is 0 Å². The molecule has 2 atom stereocenters. The van der Waals surface area contributed by atoms with Crippen LogP contribution in [0.2, 0.25) is 0 Å². The van der Waals surface area contributed by atoms with Crippen molar-refractivity contribution in [2.75, 3.05) is 0 Å². The molecule has 0 saturated heterocycles. The van der Waals surface area contributed by atoms with E-state index in [2.05, 4.69) is 75.4 Å². The van der Waals surface area contributed by atoms with Crippen molar-refractivity contribution in [3.05, 3.63) is 71.3 Å². The van der Waals surface area contributed by atoms with E-state index in [1.165, 1.54) is 16.7 Å². The fourth-order valence-electron chi connectivity index (χ4n) is 2.36. The van der Waals surface area contributed by atoms with Gasteiger partial charge in [0.25, 0.3) is 0 Å². The van der Waals surface area contributed by atoms with Crippen LogP contribution in [0, 0.1) is 12.8 Å². The van der Waals surface area contributed by atoms with Crippen molar-refractivity contribution < 1.29 is 0 Å². The first-order valence-electron chi connectivity index (χ1n) is 6.77. The van der Waals surface area contributed by atoms with E-state index in [9.17, 15) is 0 Å². The Bertz CT molecular complexity index is 467. The molecule has 0 radical (unpaired) electrons. The van der Waals surface area contributed by atoms with Gasteiger partial charge in [-0.2, -0.15) is 0 Å². The number of hydrogen-bond acceptors (Lipinski definition) is 0. The van der Waals surface area contributed by atoms with E-state index in [0.29, 0.717) is 11.8 Å². The van der Waals surface area contributed by atoms with E-state index in [4.69, 9.17) is 0 Å². The van der Waals surface area contributed by atoms with Crippen LogP contribution in [-0.2, 0) is 6.42 Å². The van der Waals surface area contributed by atoms with Gasteiger partial charge in [-0.1, -0.05) is 74.0 Å².